The summed E-state index contributed by atoms with van der Waals surface area (Å²) < 4.78 is 5.02. The standard InChI is InChI=1S/C19H19NO5/c20-17(19(23)24)12-25-11-16(21)10-13-5-4-8-15(9-13)18(22)14-6-2-1-3-7-14/h1-9,17H,10-12,20H2,(H,23,24). The van der Waals surface area contributed by atoms with Gasteiger partial charge >= 0.3 is 5.97 Å². The Kier molecular flexibility index (Phi) is 6.56. The van der Waals surface area contributed by atoms with Crippen LogP contribution >= 0.6 is 0 Å². The molecule has 2 aromatic carbocycles. The average molecular weight is 341 g/mol. The topological polar surface area (TPSA) is 107 Å². The average Bonchev–Trinajstić information content (AvgIpc) is 2.61. The van der Waals surface area contributed by atoms with Gasteiger partial charge in [-0.25, -0.2) is 0 Å². The van der Waals surface area contributed by atoms with Crippen molar-refractivity contribution in [3.8, 4) is 0 Å². The van der Waals surface area contributed by atoms with Crippen LogP contribution < -0.4 is 5.73 Å². The quantitative estimate of drug-likeness (QED) is 0.669. The van der Waals surface area contributed by atoms with Crippen LogP contribution in [0.4, 0.5) is 0 Å². The van der Waals surface area contributed by atoms with Crippen LogP contribution in [0.5, 0.6) is 0 Å². The van der Waals surface area contributed by atoms with Crippen LogP contribution in [-0.4, -0.2) is 41.9 Å². The second-order valence-electron chi connectivity index (χ2n) is 5.57. The Labute approximate surface area is 145 Å². The van der Waals surface area contributed by atoms with Gasteiger partial charge in [0.25, 0.3) is 0 Å². The SMILES string of the molecule is NC(COCC(=O)Cc1cccc(C(=O)c2ccccc2)c1)C(=O)O. The van der Waals surface area contributed by atoms with Crippen molar-refractivity contribution in [2.75, 3.05) is 13.2 Å². The van der Waals surface area contributed by atoms with Crippen LogP contribution in [0.15, 0.2) is 54.6 Å². The summed E-state index contributed by atoms with van der Waals surface area (Å²) in [5.74, 6) is -1.51. The monoisotopic (exact) mass is 341 g/mol. The minimum atomic E-state index is -1.18. The van der Waals surface area contributed by atoms with E-state index < -0.39 is 12.0 Å². The fourth-order valence-corrected chi connectivity index (χ4v) is 2.23. The molecule has 0 aliphatic carbocycles. The molecule has 0 saturated carbocycles. The highest BCUT2D eigenvalue weighted by molar-refractivity contribution is 6.09. The second kappa shape index (κ2) is 8.86. The summed E-state index contributed by atoms with van der Waals surface area (Å²) in [5, 5.41) is 8.64. The lowest BCUT2D eigenvalue weighted by Gasteiger charge is -2.08. The smallest absolute Gasteiger partial charge is 0.322 e. The summed E-state index contributed by atoms with van der Waals surface area (Å²) in [6, 6.07) is 14.6. The first-order valence-corrected chi connectivity index (χ1v) is 7.74. The number of hydrogen-bond acceptors (Lipinski definition) is 5. The maximum Gasteiger partial charge on any atom is 0.322 e. The molecule has 6 heteroatoms. The second-order valence-corrected chi connectivity index (χ2v) is 5.57. The maximum atomic E-state index is 12.4. The molecule has 0 bridgehead atoms. The highest BCUT2D eigenvalue weighted by Gasteiger charge is 2.13. The molecule has 1 atom stereocenters. The molecule has 0 amide bonds. The van der Waals surface area contributed by atoms with Crippen molar-refractivity contribution in [1.29, 1.82) is 0 Å². The van der Waals surface area contributed by atoms with E-state index >= 15 is 0 Å². The van der Waals surface area contributed by atoms with Gasteiger partial charge < -0.3 is 15.6 Å². The summed E-state index contributed by atoms with van der Waals surface area (Å²) in [5.41, 5.74) is 7.07. The number of carbonyl (C=O) groups is 3. The highest BCUT2D eigenvalue weighted by Crippen LogP contribution is 2.12. The van der Waals surface area contributed by atoms with Gasteiger partial charge in [0.05, 0.1) is 6.61 Å². The largest absolute Gasteiger partial charge is 0.480 e. The van der Waals surface area contributed by atoms with Gasteiger partial charge in [-0.1, -0.05) is 48.5 Å². The molecule has 2 rings (SSSR count). The number of carboxylic acids is 1. The highest BCUT2D eigenvalue weighted by atomic mass is 16.5. The molecule has 130 valence electrons. The maximum absolute atomic E-state index is 12.4. The van der Waals surface area contributed by atoms with E-state index in [1.807, 2.05) is 6.07 Å². The third kappa shape index (κ3) is 5.63. The third-order valence-electron chi connectivity index (χ3n) is 3.50. The number of Topliss-reactive ketones (excluding diaryl/α,β-unsaturated/α-hetero) is 1. The molecule has 25 heavy (non-hydrogen) atoms. The number of hydrogen-bond donors (Lipinski definition) is 2. The van der Waals surface area contributed by atoms with Crippen molar-refractivity contribution in [3.63, 3.8) is 0 Å². The van der Waals surface area contributed by atoms with Crippen molar-refractivity contribution >= 4 is 17.5 Å². The lowest BCUT2D eigenvalue weighted by Crippen LogP contribution is -2.35. The van der Waals surface area contributed by atoms with Crippen molar-refractivity contribution in [3.05, 3.63) is 71.3 Å². The van der Waals surface area contributed by atoms with E-state index in [9.17, 15) is 14.4 Å². The zero-order valence-corrected chi connectivity index (χ0v) is 13.6. The lowest BCUT2D eigenvalue weighted by molar-refractivity contribution is -0.140. The summed E-state index contributed by atoms with van der Waals surface area (Å²) in [6.07, 6.45) is 0.0955. The molecule has 0 fully saturated rings. The molecule has 1 unspecified atom stereocenters. The van der Waals surface area contributed by atoms with Gasteiger partial charge in [-0.05, 0) is 11.6 Å². The first-order chi connectivity index (χ1) is 12.0. The molecule has 0 aliphatic heterocycles. The number of nitrogens with two attached hydrogens (primary N) is 1. The minimum absolute atomic E-state index is 0.0955. The molecular weight excluding hydrogens is 322 g/mol. The Morgan fingerprint density at radius 1 is 1.00 bits per heavy atom. The molecule has 0 aromatic heterocycles. The van der Waals surface area contributed by atoms with E-state index in [0.717, 1.165) is 0 Å². The number of aliphatic carboxylic acids is 1. The Balaban J connectivity index is 1.94. The van der Waals surface area contributed by atoms with E-state index in [1.54, 1.807) is 48.5 Å². The zero-order chi connectivity index (χ0) is 18.2. The molecule has 0 aliphatic rings. The molecule has 0 spiro atoms. The summed E-state index contributed by atoms with van der Waals surface area (Å²) in [4.78, 5) is 34.9. The van der Waals surface area contributed by atoms with Crippen molar-refractivity contribution < 1.29 is 24.2 Å². The molecule has 6 nitrogen and oxygen atoms in total. The Morgan fingerprint density at radius 2 is 1.68 bits per heavy atom. The normalized spacial score (nSPS) is 11.7. The van der Waals surface area contributed by atoms with Gasteiger partial charge in [0.15, 0.2) is 11.6 Å². The summed E-state index contributed by atoms with van der Waals surface area (Å²) in [7, 11) is 0. The van der Waals surface area contributed by atoms with Gasteiger partial charge in [0.2, 0.25) is 0 Å². The predicted octanol–water partition coefficient (Wildman–Crippen LogP) is 1.46. The van der Waals surface area contributed by atoms with E-state index in [-0.39, 0.29) is 31.2 Å². The Bertz CT molecular complexity index is 757. The first kappa shape index (κ1) is 18.5. The Hall–Kier alpha value is -2.83. The van der Waals surface area contributed by atoms with Gasteiger partial charge in [-0.15, -0.1) is 0 Å². The summed E-state index contributed by atoms with van der Waals surface area (Å²) >= 11 is 0. The fraction of sp³-hybridized carbons (Fsp3) is 0.211. The number of rotatable bonds is 9. The zero-order valence-electron chi connectivity index (χ0n) is 13.6. The number of carbonyl (C=O) groups excluding carboxylic acids is 2. The predicted molar refractivity (Wildman–Crippen MR) is 91.5 cm³/mol. The van der Waals surface area contributed by atoms with Crippen molar-refractivity contribution in [2.45, 2.75) is 12.5 Å². The van der Waals surface area contributed by atoms with E-state index in [0.29, 0.717) is 16.7 Å². The molecule has 0 saturated heterocycles. The van der Waals surface area contributed by atoms with Gasteiger partial charge in [0.1, 0.15) is 12.6 Å². The molecule has 3 N–H and O–H groups in total. The van der Waals surface area contributed by atoms with Crippen LogP contribution in [0.3, 0.4) is 0 Å². The number of ketones is 2. The van der Waals surface area contributed by atoms with Gasteiger partial charge in [-0.3, -0.25) is 14.4 Å². The Morgan fingerprint density at radius 3 is 2.36 bits per heavy atom. The molecule has 2 aromatic rings. The van der Waals surface area contributed by atoms with Gasteiger partial charge in [-0.2, -0.15) is 0 Å². The number of carboxylic acid groups (broad SMARTS) is 1. The first-order valence-electron chi connectivity index (χ1n) is 7.74. The fourth-order valence-electron chi connectivity index (χ4n) is 2.23. The minimum Gasteiger partial charge on any atom is -0.480 e. The van der Waals surface area contributed by atoms with Crippen LogP contribution in [0.1, 0.15) is 21.5 Å². The third-order valence-corrected chi connectivity index (χ3v) is 3.50. The van der Waals surface area contributed by atoms with Crippen molar-refractivity contribution in [2.24, 2.45) is 5.73 Å². The van der Waals surface area contributed by atoms with E-state index in [1.165, 1.54) is 0 Å². The lowest BCUT2D eigenvalue weighted by atomic mass is 9.99. The van der Waals surface area contributed by atoms with Crippen molar-refractivity contribution in [1.82, 2.24) is 0 Å². The van der Waals surface area contributed by atoms with Gasteiger partial charge in [0, 0.05) is 17.5 Å². The number of benzene rings is 2. The van der Waals surface area contributed by atoms with E-state index in [2.05, 4.69) is 0 Å². The van der Waals surface area contributed by atoms with Crippen LogP contribution in [0.2, 0.25) is 0 Å². The molecule has 0 radical (unpaired) electrons. The molecular formula is C19H19NO5. The van der Waals surface area contributed by atoms with Crippen LogP contribution in [-0.2, 0) is 20.7 Å². The summed E-state index contributed by atoms with van der Waals surface area (Å²) in [6.45, 7) is -0.453. The van der Waals surface area contributed by atoms with E-state index in [4.69, 9.17) is 15.6 Å². The van der Waals surface area contributed by atoms with Crippen LogP contribution in [0.25, 0.3) is 0 Å². The number of ether oxygens (including phenoxy) is 1. The van der Waals surface area contributed by atoms with Crippen LogP contribution in [0, 0.1) is 0 Å². The molecule has 0 heterocycles.